The molecular weight excluding hydrogens is 228 g/mol. The Kier molecular flexibility index (Phi) is 3.11. The maximum Gasteiger partial charge on any atom is 0.251 e. The van der Waals surface area contributed by atoms with Crippen LogP contribution in [0.15, 0.2) is 18.2 Å². The molecule has 0 aromatic heterocycles. The van der Waals surface area contributed by atoms with Gasteiger partial charge in [-0.25, -0.2) is 0 Å². The van der Waals surface area contributed by atoms with Crippen molar-refractivity contribution < 1.29 is 9.59 Å². The van der Waals surface area contributed by atoms with Crippen LogP contribution < -0.4 is 10.6 Å². The quantitative estimate of drug-likeness (QED) is 0.797. The Balaban J connectivity index is 2.21. The zero-order valence-corrected chi connectivity index (χ0v) is 11.0. The van der Waals surface area contributed by atoms with Gasteiger partial charge in [-0.15, -0.1) is 0 Å². The first-order valence-corrected chi connectivity index (χ1v) is 6.10. The lowest BCUT2D eigenvalue weighted by Gasteiger charge is -2.22. The molecule has 2 N–H and O–H groups in total. The molecule has 1 aromatic rings. The first kappa shape index (κ1) is 12.6. The topological polar surface area (TPSA) is 58.2 Å². The van der Waals surface area contributed by atoms with Crippen LogP contribution in [0, 0.1) is 0 Å². The number of hydrogen-bond donors (Lipinski definition) is 2. The number of fused-ring (bicyclic) bond motifs is 1. The second-order valence-corrected chi connectivity index (χ2v) is 5.62. The van der Waals surface area contributed by atoms with Gasteiger partial charge in [0.1, 0.15) is 0 Å². The smallest absolute Gasteiger partial charge is 0.251 e. The first-order valence-electron chi connectivity index (χ1n) is 6.10. The average Bonchev–Trinajstić information content (AvgIpc) is 2.26. The Labute approximate surface area is 107 Å². The van der Waals surface area contributed by atoms with Crippen LogP contribution in [-0.2, 0) is 11.2 Å². The van der Waals surface area contributed by atoms with E-state index in [9.17, 15) is 9.59 Å². The van der Waals surface area contributed by atoms with Crippen LogP contribution in [0.1, 0.15) is 43.1 Å². The number of nitrogens with one attached hydrogen (secondary N) is 2. The molecule has 1 aliphatic rings. The van der Waals surface area contributed by atoms with Crippen LogP contribution in [-0.4, -0.2) is 17.4 Å². The van der Waals surface area contributed by atoms with E-state index in [4.69, 9.17) is 0 Å². The van der Waals surface area contributed by atoms with Crippen LogP contribution in [0.3, 0.4) is 0 Å². The average molecular weight is 246 g/mol. The lowest BCUT2D eigenvalue weighted by molar-refractivity contribution is -0.116. The third-order valence-corrected chi connectivity index (χ3v) is 2.75. The molecule has 96 valence electrons. The third kappa shape index (κ3) is 2.88. The zero-order valence-electron chi connectivity index (χ0n) is 11.0. The van der Waals surface area contributed by atoms with Crippen molar-refractivity contribution in [1.82, 2.24) is 5.32 Å². The molecule has 4 heteroatoms. The van der Waals surface area contributed by atoms with Gasteiger partial charge in [0.25, 0.3) is 5.91 Å². The number of carbonyl (C=O) groups is 2. The summed E-state index contributed by atoms with van der Waals surface area (Å²) >= 11 is 0. The van der Waals surface area contributed by atoms with Crippen molar-refractivity contribution in [2.24, 2.45) is 0 Å². The lowest BCUT2D eigenvalue weighted by Crippen LogP contribution is -2.40. The number of carbonyl (C=O) groups excluding carboxylic acids is 2. The number of aryl methyl sites for hydroxylation is 1. The lowest BCUT2D eigenvalue weighted by atomic mass is 9.99. The van der Waals surface area contributed by atoms with Gasteiger partial charge in [0, 0.05) is 23.2 Å². The highest BCUT2D eigenvalue weighted by molar-refractivity contribution is 5.98. The van der Waals surface area contributed by atoms with Gasteiger partial charge in [-0.3, -0.25) is 9.59 Å². The second-order valence-electron chi connectivity index (χ2n) is 5.62. The fourth-order valence-corrected chi connectivity index (χ4v) is 1.94. The van der Waals surface area contributed by atoms with E-state index in [1.54, 1.807) is 12.1 Å². The van der Waals surface area contributed by atoms with Crippen LogP contribution in [0.4, 0.5) is 5.69 Å². The van der Waals surface area contributed by atoms with Crippen molar-refractivity contribution in [3.8, 4) is 0 Å². The summed E-state index contributed by atoms with van der Waals surface area (Å²) in [5.74, 6) is -0.0448. The van der Waals surface area contributed by atoms with Gasteiger partial charge in [0.15, 0.2) is 0 Å². The molecule has 1 heterocycles. The monoisotopic (exact) mass is 246 g/mol. The van der Waals surface area contributed by atoms with Crippen molar-refractivity contribution >= 4 is 17.5 Å². The fourth-order valence-electron chi connectivity index (χ4n) is 1.94. The molecule has 2 rings (SSSR count). The summed E-state index contributed by atoms with van der Waals surface area (Å²) in [6.07, 6.45) is 1.18. The number of benzene rings is 1. The normalized spacial score (nSPS) is 14.7. The highest BCUT2D eigenvalue weighted by Crippen LogP contribution is 2.23. The van der Waals surface area contributed by atoms with Crippen LogP contribution in [0.2, 0.25) is 0 Å². The summed E-state index contributed by atoms with van der Waals surface area (Å²) in [7, 11) is 0. The minimum absolute atomic E-state index is 0.0365. The molecule has 1 aliphatic heterocycles. The fraction of sp³-hybridized carbons (Fsp3) is 0.429. The SMILES string of the molecule is CC(C)(C)NC(=O)c1ccc2c(c1)CCC(=O)N2. The molecule has 0 spiro atoms. The minimum Gasteiger partial charge on any atom is -0.347 e. The highest BCUT2D eigenvalue weighted by Gasteiger charge is 2.19. The number of anilines is 1. The molecule has 0 saturated heterocycles. The number of rotatable bonds is 1. The summed E-state index contributed by atoms with van der Waals surface area (Å²) in [5, 5.41) is 5.73. The predicted octanol–water partition coefficient (Wildman–Crippen LogP) is 2.10. The van der Waals surface area contributed by atoms with Crippen molar-refractivity contribution in [1.29, 1.82) is 0 Å². The Hall–Kier alpha value is -1.84. The van der Waals surface area contributed by atoms with Gasteiger partial charge in [-0.1, -0.05) is 0 Å². The van der Waals surface area contributed by atoms with Gasteiger partial charge in [-0.05, 0) is 51.0 Å². The molecule has 18 heavy (non-hydrogen) atoms. The molecular formula is C14H18N2O2. The van der Waals surface area contributed by atoms with E-state index in [2.05, 4.69) is 10.6 Å². The zero-order chi connectivity index (χ0) is 13.3. The van der Waals surface area contributed by atoms with Gasteiger partial charge in [0.2, 0.25) is 5.91 Å². The number of amides is 2. The summed E-state index contributed by atoms with van der Waals surface area (Å²) in [6, 6.07) is 5.39. The standard InChI is InChI=1S/C14H18N2O2/c1-14(2,3)16-13(18)10-4-6-11-9(8-10)5-7-12(17)15-11/h4,6,8H,5,7H2,1-3H3,(H,15,17)(H,16,18). The molecule has 0 unspecified atom stereocenters. The van der Waals surface area contributed by atoms with E-state index in [-0.39, 0.29) is 17.4 Å². The third-order valence-electron chi connectivity index (χ3n) is 2.75. The van der Waals surface area contributed by atoms with Crippen molar-refractivity contribution in [3.05, 3.63) is 29.3 Å². The van der Waals surface area contributed by atoms with Crippen molar-refractivity contribution in [2.45, 2.75) is 39.2 Å². The van der Waals surface area contributed by atoms with E-state index in [1.807, 2.05) is 26.8 Å². The largest absolute Gasteiger partial charge is 0.347 e. The highest BCUT2D eigenvalue weighted by atomic mass is 16.2. The molecule has 0 radical (unpaired) electrons. The second kappa shape index (κ2) is 4.44. The van der Waals surface area contributed by atoms with Crippen LogP contribution in [0.25, 0.3) is 0 Å². The van der Waals surface area contributed by atoms with E-state index in [0.717, 1.165) is 11.3 Å². The Morgan fingerprint density at radius 1 is 1.28 bits per heavy atom. The molecule has 0 bridgehead atoms. The molecule has 4 nitrogen and oxygen atoms in total. The molecule has 2 amide bonds. The predicted molar refractivity (Wildman–Crippen MR) is 70.6 cm³/mol. The van der Waals surface area contributed by atoms with Crippen LogP contribution >= 0.6 is 0 Å². The van der Waals surface area contributed by atoms with Crippen molar-refractivity contribution in [3.63, 3.8) is 0 Å². The van der Waals surface area contributed by atoms with Gasteiger partial charge >= 0.3 is 0 Å². The first-order chi connectivity index (χ1) is 8.35. The molecule has 0 aliphatic carbocycles. The van der Waals surface area contributed by atoms with E-state index >= 15 is 0 Å². The Morgan fingerprint density at radius 2 is 2.00 bits per heavy atom. The summed E-state index contributed by atoms with van der Waals surface area (Å²) in [6.45, 7) is 5.84. The molecule has 0 fully saturated rings. The molecule has 0 atom stereocenters. The van der Waals surface area contributed by atoms with E-state index < -0.39 is 0 Å². The number of hydrogen-bond acceptors (Lipinski definition) is 2. The van der Waals surface area contributed by atoms with Crippen molar-refractivity contribution in [2.75, 3.05) is 5.32 Å². The van der Waals surface area contributed by atoms with Crippen LogP contribution in [0.5, 0.6) is 0 Å². The maximum atomic E-state index is 12.0. The summed E-state index contributed by atoms with van der Waals surface area (Å²) in [5.41, 5.74) is 2.23. The minimum atomic E-state index is -0.249. The van der Waals surface area contributed by atoms with E-state index in [0.29, 0.717) is 18.4 Å². The van der Waals surface area contributed by atoms with Gasteiger partial charge in [0.05, 0.1) is 0 Å². The van der Waals surface area contributed by atoms with E-state index in [1.165, 1.54) is 0 Å². The van der Waals surface area contributed by atoms with Gasteiger partial charge < -0.3 is 10.6 Å². The molecule has 0 saturated carbocycles. The maximum absolute atomic E-state index is 12.0. The summed E-state index contributed by atoms with van der Waals surface area (Å²) < 4.78 is 0. The Morgan fingerprint density at radius 3 is 2.67 bits per heavy atom. The summed E-state index contributed by atoms with van der Waals surface area (Å²) in [4.78, 5) is 23.3. The molecule has 1 aromatic carbocycles. The van der Waals surface area contributed by atoms with Gasteiger partial charge in [-0.2, -0.15) is 0 Å². The Bertz CT molecular complexity index is 501.